The van der Waals surface area contributed by atoms with Crippen LogP contribution in [0.3, 0.4) is 0 Å². The first-order valence-electron chi connectivity index (χ1n) is 7.16. The second kappa shape index (κ2) is 6.95. The molecule has 2 rings (SSSR count). The highest BCUT2D eigenvalue weighted by atomic mass is 35.5. The lowest BCUT2D eigenvalue weighted by molar-refractivity contribution is -0.116. The van der Waals surface area contributed by atoms with E-state index in [-0.39, 0.29) is 5.91 Å². The largest absolute Gasteiger partial charge is 0.492 e. The molecule has 1 atom stereocenters. The van der Waals surface area contributed by atoms with E-state index in [0.717, 1.165) is 18.4 Å². The zero-order valence-electron chi connectivity index (χ0n) is 11.7. The SMILES string of the molecule is CCCCCCCOc1cc2c(cc1Cl)C(N)C(=O)N2. The molecule has 4 nitrogen and oxygen atoms in total. The van der Waals surface area contributed by atoms with Crippen LogP contribution in [-0.2, 0) is 4.79 Å². The molecule has 20 heavy (non-hydrogen) atoms. The molecule has 1 aromatic carbocycles. The van der Waals surface area contributed by atoms with Crippen molar-refractivity contribution in [2.75, 3.05) is 11.9 Å². The number of carbonyl (C=O) groups excluding carboxylic acids is 1. The molecule has 3 N–H and O–H groups in total. The Hall–Kier alpha value is -1.26. The minimum absolute atomic E-state index is 0.201. The maximum atomic E-state index is 11.5. The first kappa shape index (κ1) is 15.1. The number of hydrogen-bond donors (Lipinski definition) is 2. The summed E-state index contributed by atoms with van der Waals surface area (Å²) in [5, 5.41) is 3.23. The Bertz CT molecular complexity index is 491. The maximum absolute atomic E-state index is 11.5. The number of carbonyl (C=O) groups is 1. The van der Waals surface area contributed by atoms with Gasteiger partial charge in [-0.3, -0.25) is 4.79 Å². The zero-order chi connectivity index (χ0) is 14.5. The van der Waals surface area contributed by atoms with Crippen LogP contribution in [0.4, 0.5) is 5.69 Å². The average molecular weight is 297 g/mol. The first-order valence-corrected chi connectivity index (χ1v) is 7.54. The van der Waals surface area contributed by atoms with Gasteiger partial charge in [0.25, 0.3) is 0 Å². The Kier molecular flexibility index (Phi) is 5.26. The predicted octanol–water partition coefficient (Wildman–Crippen LogP) is 3.64. The summed E-state index contributed by atoms with van der Waals surface area (Å²) in [4.78, 5) is 11.5. The molecule has 1 aromatic rings. The summed E-state index contributed by atoms with van der Waals surface area (Å²) in [5.74, 6) is 0.406. The number of fused-ring (bicyclic) bond motifs is 1. The summed E-state index contributed by atoms with van der Waals surface area (Å²) < 4.78 is 5.69. The van der Waals surface area contributed by atoms with Crippen LogP contribution in [-0.4, -0.2) is 12.5 Å². The molecule has 1 heterocycles. The van der Waals surface area contributed by atoms with Crippen LogP contribution in [0.1, 0.15) is 50.6 Å². The van der Waals surface area contributed by atoms with Crippen molar-refractivity contribution in [2.45, 2.75) is 45.1 Å². The molecule has 0 saturated carbocycles. The number of ether oxygens (including phenoxy) is 1. The fourth-order valence-electron chi connectivity index (χ4n) is 2.28. The molecule has 5 heteroatoms. The minimum atomic E-state index is -0.634. The van der Waals surface area contributed by atoms with Gasteiger partial charge in [-0.15, -0.1) is 0 Å². The van der Waals surface area contributed by atoms with Crippen LogP contribution >= 0.6 is 11.6 Å². The van der Waals surface area contributed by atoms with Gasteiger partial charge in [0.15, 0.2) is 0 Å². The van der Waals surface area contributed by atoms with Crippen LogP contribution in [0.5, 0.6) is 5.75 Å². The third-order valence-electron chi connectivity index (χ3n) is 3.48. The van der Waals surface area contributed by atoms with E-state index in [2.05, 4.69) is 12.2 Å². The highest BCUT2D eigenvalue weighted by Gasteiger charge is 2.28. The number of benzene rings is 1. The number of nitrogens with two attached hydrogens (primary N) is 1. The Morgan fingerprint density at radius 3 is 2.80 bits per heavy atom. The van der Waals surface area contributed by atoms with E-state index in [0.29, 0.717) is 23.1 Å². The fourth-order valence-corrected chi connectivity index (χ4v) is 2.51. The van der Waals surface area contributed by atoms with Crippen molar-refractivity contribution in [1.29, 1.82) is 0 Å². The molecule has 1 aliphatic rings. The van der Waals surface area contributed by atoms with Crippen LogP contribution in [0.25, 0.3) is 0 Å². The second-order valence-corrected chi connectivity index (χ2v) is 5.51. The van der Waals surface area contributed by atoms with E-state index in [9.17, 15) is 4.79 Å². The lowest BCUT2D eigenvalue weighted by atomic mass is 10.1. The summed E-state index contributed by atoms with van der Waals surface area (Å²) in [6.45, 7) is 2.84. The maximum Gasteiger partial charge on any atom is 0.245 e. The monoisotopic (exact) mass is 296 g/mol. The molecule has 0 aliphatic carbocycles. The Balaban J connectivity index is 1.90. The molecule has 0 fully saturated rings. The van der Waals surface area contributed by atoms with Gasteiger partial charge in [-0.1, -0.05) is 44.2 Å². The summed E-state index contributed by atoms with van der Waals surface area (Å²) in [7, 11) is 0. The number of anilines is 1. The van der Waals surface area contributed by atoms with Gasteiger partial charge in [0.1, 0.15) is 11.8 Å². The number of halogens is 1. The Morgan fingerprint density at radius 2 is 2.05 bits per heavy atom. The van der Waals surface area contributed by atoms with Gasteiger partial charge in [-0.25, -0.2) is 0 Å². The summed E-state index contributed by atoms with van der Waals surface area (Å²) >= 11 is 6.16. The average Bonchev–Trinajstić information content (AvgIpc) is 2.69. The van der Waals surface area contributed by atoms with Crippen molar-refractivity contribution in [3.05, 3.63) is 22.7 Å². The van der Waals surface area contributed by atoms with Gasteiger partial charge in [0, 0.05) is 17.3 Å². The van der Waals surface area contributed by atoms with Gasteiger partial charge in [0.05, 0.1) is 11.6 Å². The minimum Gasteiger partial charge on any atom is -0.492 e. The molecule has 0 aromatic heterocycles. The van der Waals surface area contributed by atoms with E-state index in [1.165, 1.54) is 19.3 Å². The first-order chi connectivity index (χ1) is 9.63. The number of amides is 1. The van der Waals surface area contributed by atoms with Gasteiger partial charge in [-0.05, 0) is 12.5 Å². The molecule has 1 amide bonds. The molecule has 110 valence electrons. The molecule has 1 aliphatic heterocycles. The van der Waals surface area contributed by atoms with Crippen molar-refractivity contribution in [3.63, 3.8) is 0 Å². The van der Waals surface area contributed by atoms with Crippen LogP contribution in [0.2, 0.25) is 5.02 Å². The summed E-state index contributed by atoms with van der Waals surface area (Å²) in [5.41, 5.74) is 7.20. The molecule has 0 saturated heterocycles. The lowest BCUT2D eigenvalue weighted by Gasteiger charge is -2.10. The van der Waals surface area contributed by atoms with Crippen molar-refractivity contribution in [1.82, 2.24) is 0 Å². The van der Waals surface area contributed by atoms with Crippen molar-refractivity contribution in [3.8, 4) is 5.75 Å². The van der Waals surface area contributed by atoms with E-state index in [4.69, 9.17) is 22.1 Å². The third-order valence-corrected chi connectivity index (χ3v) is 3.78. The van der Waals surface area contributed by atoms with Crippen LogP contribution in [0.15, 0.2) is 12.1 Å². The smallest absolute Gasteiger partial charge is 0.245 e. The van der Waals surface area contributed by atoms with Crippen LogP contribution < -0.4 is 15.8 Å². The van der Waals surface area contributed by atoms with E-state index < -0.39 is 6.04 Å². The van der Waals surface area contributed by atoms with E-state index >= 15 is 0 Å². The van der Waals surface area contributed by atoms with Crippen molar-refractivity contribution < 1.29 is 9.53 Å². The molecular formula is C15H21ClN2O2. The Morgan fingerprint density at radius 1 is 1.30 bits per heavy atom. The fraction of sp³-hybridized carbons (Fsp3) is 0.533. The number of hydrogen-bond acceptors (Lipinski definition) is 3. The van der Waals surface area contributed by atoms with Gasteiger partial charge in [0.2, 0.25) is 5.91 Å². The van der Waals surface area contributed by atoms with E-state index in [1.807, 2.05) is 0 Å². The molecule has 1 unspecified atom stereocenters. The lowest BCUT2D eigenvalue weighted by Crippen LogP contribution is -2.19. The number of unbranched alkanes of at least 4 members (excludes halogenated alkanes) is 4. The second-order valence-electron chi connectivity index (χ2n) is 5.10. The van der Waals surface area contributed by atoms with Crippen molar-refractivity contribution >= 4 is 23.2 Å². The Labute approximate surface area is 124 Å². The third kappa shape index (κ3) is 3.44. The quantitative estimate of drug-likeness (QED) is 0.755. The molecule has 0 bridgehead atoms. The molecule has 0 radical (unpaired) electrons. The summed E-state index contributed by atoms with van der Waals surface area (Å²) in [6, 6.07) is 2.84. The van der Waals surface area contributed by atoms with Gasteiger partial charge in [-0.2, -0.15) is 0 Å². The van der Waals surface area contributed by atoms with Crippen molar-refractivity contribution in [2.24, 2.45) is 5.73 Å². The van der Waals surface area contributed by atoms with E-state index in [1.54, 1.807) is 12.1 Å². The highest BCUT2D eigenvalue weighted by Crippen LogP contribution is 2.37. The topological polar surface area (TPSA) is 64.3 Å². The van der Waals surface area contributed by atoms with Crippen LogP contribution in [0, 0.1) is 0 Å². The summed E-state index contributed by atoms with van der Waals surface area (Å²) in [6.07, 6.45) is 5.92. The molecular weight excluding hydrogens is 276 g/mol. The zero-order valence-corrected chi connectivity index (χ0v) is 12.5. The standard InChI is InChI=1S/C15H21ClN2O2/c1-2-3-4-5-6-7-20-13-9-12-10(8-11(13)16)14(17)15(19)18-12/h8-9,14H,2-7,17H2,1H3,(H,18,19). The predicted molar refractivity (Wildman–Crippen MR) is 81.3 cm³/mol. The van der Waals surface area contributed by atoms with Gasteiger partial charge < -0.3 is 15.8 Å². The normalized spacial score (nSPS) is 16.9. The molecule has 0 spiro atoms. The highest BCUT2D eigenvalue weighted by molar-refractivity contribution is 6.32. The number of nitrogens with one attached hydrogen (secondary N) is 1. The number of rotatable bonds is 7. The van der Waals surface area contributed by atoms with Gasteiger partial charge >= 0.3 is 0 Å².